The van der Waals surface area contributed by atoms with Crippen molar-refractivity contribution in [2.24, 2.45) is 5.92 Å². The van der Waals surface area contributed by atoms with Gasteiger partial charge >= 0.3 is 0 Å². The van der Waals surface area contributed by atoms with Gasteiger partial charge in [-0.15, -0.1) is 0 Å². The number of benzene rings is 2. The van der Waals surface area contributed by atoms with Gasteiger partial charge in [-0.05, 0) is 52.8 Å². The molecule has 17 heavy (non-hydrogen) atoms. The van der Waals surface area contributed by atoms with Gasteiger partial charge in [-0.1, -0.05) is 30.3 Å². The zero-order valence-corrected chi connectivity index (χ0v) is 9.56. The smallest absolute Gasteiger partial charge is 0.0965 e. The molecule has 0 saturated heterocycles. The van der Waals surface area contributed by atoms with Gasteiger partial charge in [-0.25, -0.2) is 0 Å². The fourth-order valence-corrected chi connectivity index (χ4v) is 3.21. The first-order valence-electron chi connectivity index (χ1n) is 6.26. The van der Waals surface area contributed by atoms with Crippen LogP contribution in [0.25, 0.3) is 16.8 Å². The molecule has 0 heterocycles. The van der Waals surface area contributed by atoms with Crippen LogP contribution in [0.5, 0.6) is 0 Å². The average Bonchev–Trinajstić information content (AvgIpc) is 2.27. The minimum atomic E-state index is 0.392. The zero-order valence-electron chi connectivity index (χ0n) is 9.56. The second-order valence-corrected chi connectivity index (χ2v) is 5.19. The fourth-order valence-electron chi connectivity index (χ4n) is 3.21. The fraction of sp³-hybridized carbons (Fsp3) is 0.250. The maximum atomic E-state index is 9.98. The van der Waals surface area contributed by atoms with E-state index in [-0.39, 0.29) is 0 Å². The molecule has 0 spiro atoms. The number of hydrogen-bond donors (Lipinski definition) is 1. The topological polar surface area (TPSA) is 20.2 Å². The van der Waals surface area contributed by atoms with E-state index in [1.807, 2.05) is 6.08 Å². The standard InChI is InChI=1S/C16H14O/c17-16-9-12-7-10-3-1-2-4-11(10)8-15(12)13-5-6-14(13)16/h1-4,7-9,13-14,17H,5-6H2. The zero-order chi connectivity index (χ0) is 11.4. The number of aliphatic hydroxyl groups is 1. The van der Waals surface area contributed by atoms with Gasteiger partial charge in [-0.3, -0.25) is 0 Å². The van der Waals surface area contributed by atoms with Crippen LogP contribution in [-0.4, -0.2) is 5.11 Å². The first kappa shape index (κ1) is 9.29. The Balaban J connectivity index is 2.01. The van der Waals surface area contributed by atoms with Crippen LogP contribution in [0.15, 0.2) is 42.2 Å². The number of allylic oxidation sites excluding steroid dienone is 1. The second-order valence-electron chi connectivity index (χ2n) is 5.19. The summed E-state index contributed by atoms with van der Waals surface area (Å²) in [4.78, 5) is 0. The largest absolute Gasteiger partial charge is 0.512 e. The molecule has 1 saturated carbocycles. The summed E-state index contributed by atoms with van der Waals surface area (Å²) in [6.07, 6.45) is 4.31. The molecule has 84 valence electrons. The molecular weight excluding hydrogens is 208 g/mol. The van der Waals surface area contributed by atoms with Crippen molar-refractivity contribution >= 4 is 16.8 Å². The Morgan fingerprint density at radius 2 is 1.65 bits per heavy atom. The molecule has 1 heteroatoms. The Morgan fingerprint density at radius 3 is 2.35 bits per heavy atom. The molecule has 0 aromatic heterocycles. The highest BCUT2D eigenvalue weighted by molar-refractivity contribution is 5.87. The van der Waals surface area contributed by atoms with Crippen LogP contribution in [0.4, 0.5) is 0 Å². The van der Waals surface area contributed by atoms with E-state index in [1.54, 1.807) is 0 Å². The van der Waals surface area contributed by atoms with Gasteiger partial charge in [0.2, 0.25) is 0 Å². The molecule has 1 nitrogen and oxygen atoms in total. The minimum Gasteiger partial charge on any atom is -0.512 e. The van der Waals surface area contributed by atoms with Crippen LogP contribution in [0.2, 0.25) is 0 Å². The van der Waals surface area contributed by atoms with Crippen molar-refractivity contribution in [3.8, 4) is 0 Å². The molecule has 2 atom stereocenters. The van der Waals surface area contributed by atoms with Crippen molar-refractivity contribution < 1.29 is 5.11 Å². The summed E-state index contributed by atoms with van der Waals surface area (Å²) in [7, 11) is 0. The van der Waals surface area contributed by atoms with E-state index in [0.717, 1.165) is 6.42 Å². The van der Waals surface area contributed by atoms with Crippen molar-refractivity contribution in [1.29, 1.82) is 0 Å². The lowest BCUT2D eigenvalue weighted by Gasteiger charge is -2.40. The third kappa shape index (κ3) is 1.20. The molecule has 4 rings (SSSR count). The molecule has 0 aliphatic heterocycles. The first-order valence-corrected chi connectivity index (χ1v) is 6.26. The van der Waals surface area contributed by atoms with E-state index < -0.39 is 0 Å². The SMILES string of the molecule is OC1=Cc2cc3ccccc3cc2C2CCC12. The van der Waals surface area contributed by atoms with Crippen LogP contribution >= 0.6 is 0 Å². The maximum Gasteiger partial charge on any atom is 0.0965 e. The lowest BCUT2D eigenvalue weighted by Crippen LogP contribution is -2.28. The second kappa shape index (κ2) is 3.13. The predicted molar refractivity (Wildman–Crippen MR) is 70.0 cm³/mol. The summed E-state index contributed by atoms with van der Waals surface area (Å²) in [6, 6.07) is 13.0. The number of aliphatic hydroxyl groups excluding tert-OH is 1. The summed E-state index contributed by atoms with van der Waals surface area (Å²) >= 11 is 0. The number of fused-ring (bicyclic) bond motifs is 4. The number of hydrogen-bond acceptors (Lipinski definition) is 1. The Kier molecular flexibility index (Phi) is 1.71. The van der Waals surface area contributed by atoms with E-state index in [2.05, 4.69) is 36.4 Å². The van der Waals surface area contributed by atoms with Crippen LogP contribution in [-0.2, 0) is 0 Å². The molecule has 1 fully saturated rings. The van der Waals surface area contributed by atoms with Gasteiger partial charge in [0, 0.05) is 5.92 Å². The molecule has 0 amide bonds. The normalized spacial score (nSPS) is 25.8. The van der Waals surface area contributed by atoms with Crippen LogP contribution in [0.1, 0.15) is 29.9 Å². The Bertz CT molecular complexity index is 639. The molecule has 2 aromatic rings. The van der Waals surface area contributed by atoms with Crippen molar-refractivity contribution in [3.05, 3.63) is 53.3 Å². The van der Waals surface area contributed by atoms with Crippen molar-refractivity contribution in [2.75, 3.05) is 0 Å². The van der Waals surface area contributed by atoms with Gasteiger partial charge < -0.3 is 5.11 Å². The molecule has 2 aliphatic carbocycles. The molecule has 2 aromatic carbocycles. The van der Waals surface area contributed by atoms with Crippen LogP contribution in [0, 0.1) is 5.92 Å². The van der Waals surface area contributed by atoms with E-state index in [0.29, 0.717) is 17.6 Å². The number of rotatable bonds is 0. The van der Waals surface area contributed by atoms with Gasteiger partial charge in [0.25, 0.3) is 0 Å². The van der Waals surface area contributed by atoms with Crippen LogP contribution < -0.4 is 0 Å². The summed E-state index contributed by atoms with van der Waals surface area (Å²) in [5.41, 5.74) is 2.64. The Labute approximate surface area is 100 Å². The van der Waals surface area contributed by atoms with Crippen LogP contribution in [0.3, 0.4) is 0 Å². The monoisotopic (exact) mass is 222 g/mol. The summed E-state index contributed by atoms with van der Waals surface area (Å²) < 4.78 is 0. The highest BCUT2D eigenvalue weighted by Crippen LogP contribution is 2.51. The third-order valence-corrected chi connectivity index (χ3v) is 4.31. The molecule has 1 N–H and O–H groups in total. The predicted octanol–water partition coefficient (Wildman–Crippen LogP) is 4.25. The van der Waals surface area contributed by atoms with E-state index in [1.165, 1.54) is 28.3 Å². The Hall–Kier alpha value is -1.76. The summed E-state index contributed by atoms with van der Waals surface area (Å²) in [5, 5.41) is 12.5. The molecule has 0 radical (unpaired) electrons. The Morgan fingerprint density at radius 1 is 0.941 bits per heavy atom. The molecule has 2 aliphatic rings. The maximum absolute atomic E-state index is 9.98. The highest BCUT2D eigenvalue weighted by Gasteiger charge is 2.38. The highest BCUT2D eigenvalue weighted by atomic mass is 16.3. The van der Waals surface area contributed by atoms with Crippen molar-refractivity contribution in [1.82, 2.24) is 0 Å². The lowest BCUT2D eigenvalue weighted by atomic mass is 9.65. The quantitative estimate of drug-likeness (QED) is 0.706. The average molecular weight is 222 g/mol. The minimum absolute atomic E-state index is 0.392. The molecule has 2 unspecified atom stereocenters. The van der Waals surface area contributed by atoms with Gasteiger partial charge in [0.15, 0.2) is 0 Å². The van der Waals surface area contributed by atoms with Crippen molar-refractivity contribution in [3.63, 3.8) is 0 Å². The van der Waals surface area contributed by atoms with Gasteiger partial charge in [0.05, 0.1) is 5.76 Å². The van der Waals surface area contributed by atoms with Crippen molar-refractivity contribution in [2.45, 2.75) is 18.8 Å². The van der Waals surface area contributed by atoms with Gasteiger partial charge in [-0.2, -0.15) is 0 Å². The lowest BCUT2D eigenvalue weighted by molar-refractivity contribution is 0.208. The van der Waals surface area contributed by atoms with Gasteiger partial charge in [0.1, 0.15) is 0 Å². The summed E-state index contributed by atoms with van der Waals surface area (Å²) in [6.45, 7) is 0. The summed E-state index contributed by atoms with van der Waals surface area (Å²) in [5.74, 6) is 1.53. The third-order valence-electron chi connectivity index (χ3n) is 4.31. The molecular formula is C16H14O. The van der Waals surface area contributed by atoms with E-state index in [9.17, 15) is 5.11 Å². The first-order chi connectivity index (χ1) is 8.33. The van der Waals surface area contributed by atoms with E-state index in [4.69, 9.17) is 0 Å². The van der Waals surface area contributed by atoms with E-state index >= 15 is 0 Å². The molecule has 0 bridgehead atoms.